The molecule has 21 heavy (non-hydrogen) atoms. The molecule has 1 N–H and O–H groups in total. The average molecular weight is 350 g/mol. The molecule has 1 fully saturated rings. The fraction of sp³-hybridized carbons (Fsp3) is 0.684. The van der Waals surface area contributed by atoms with Crippen molar-refractivity contribution in [3.63, 3.8) is 0 Å². The lowest BCUT2D eigenvalue weighted by Gasteiger charge is -2.38. The van der Waals surface area contributed by atoms with Crippen LogP contribution < -0.4 is 5.32 Å². The minimum absolute atomic E-state index is 0.483. The summed E-state index contributed by atoms with van der Waals surface area (Å²) in [6, 6.07) is 8.11. The Morgan fingerprint density at radius 3 is 2.43 bits per heavy atom. The third-order valence-electron chi connectivity index (χ3n) is 5.57. The first-order chi connectivity index (χ1) is 9.93. The van der Waals surface area contributed by atoms with E-state index in [-0.39, 0.29) is 0 Å². The van der Waals surface area contributed by atoms with Crippen molar-refractivity contribution in [1.82, 2.24) is 5.32 Å². The van der Waals surface area contributed by atoms with Crippen molar-refractivity contribution in [3.05, 3.63) is 33.8 Å². The lowest BCUT2D eigenvalue weighted by atomic mass is 9.71. The van der Waals surface area contributed by atoms with E-state index in [0.717, 1.165) is 12.0 Å². The second-order valence-corrected chi connectivity index (χ2v) is 8.93. The fourth-order valence-electron chi connectivity index (χ4n) is 4.17. The largest absolute Gasteiger partial charge is 0.307 e. The maximum absolute atomic E-state index is 3.95. The quantitative estimate of drug-likeness (QED) is 0.729. The topological polar surface area (TPSA) is 12.0 Å². The van der Waals surface area contributed by atoms with Gasteiger partial charge >= 0.3 is 0 Å². The molecule has 0 aromatic heterocycles. The lowest BCUT2D eigenvalue weighted by molar-refractivity contribution is 0.156. The van der Waals surface area contributed by atoms with Gasteiger partial charge in [0.2, 0.25) is 0 Å². The molecule has 1 aromatic rings. The van der Waals surface area contributed by atoms with Crippen LogP contribution in [-0.4, -0.2) is 6.04 Å². The van der Waals surface area contributed by atoms with Crippen molar-refractivity contribution in [2.24, 2.45) is 11.3 Å². The molecule has 0 heterocycles. The van der Waals surface area contributed by atoms with Crippen molar-refractivity contribution in [2.75, 3.05) is 0 Å². The SMILES string of the molecule is CC(C)(C)C1CCC(NC2CCc3cc(Br)ccc32)CC1. The number of rotatable bonds is 2. The molecule has 0 aliphatic heterocycles. The van der Waals surface area contributed by atoms with Crippen molar-refractivity contribution in [3.8, 4) is 0 Å². The van der Waals surface area contributed by atoms with Gasteiger partial charge in [0.25, 0.3) is 0 Å². The van der Waals surface area contributed by atoms with Crippen molar-refractivity contribution in [2.45, 2.75) is 71.4 Å². The van der Waals surface area contributed by atoms with E-state index in [2.05, 4.69) is 60.2 Å². The van der Waals surface area contributed by atoms with Crippen LogP contribution in [-0.2, 0) is 6.42 Å². The molecule has 0 saturated heterocycles. The van der Waals surface area contributed by atoms with Gasteiger partial charge in [-0.2, -0.15) is 0 Å². The van der Waals surface area contributed by atoms with E-state index in [1.54, 1.807) is 0 Å². The Bertz CT molecular complexity index is 495. The highest BCUT2D eigenvalue weighted by Crippen LogP contribution is 2.39. The third kappa shape index (κ3) is 3.53. The van der Waals surface area contributed by atoms with Crippen molar-refractivity contribution < 1.29 is 0 Å². The van der Waals surface area contributed by atoms with E-state index < -0.39 is 0 Å². The van der Waals surface area contributed by atoms with Gasteiger partial charge in [-0.15, -0.1) is 0 Å². The van der Waals surface area contributed by atoms with Crippen LogP contribution in [0.3, 0.4) is 0 Å². The highest BCUT2D eigenvalue weighted by Gasteiger charge is 2.31. The normalized spacial score (nSPS) is 29.4. The number of hydrogen-bond acceptors (Lipinski definition) is 1. The van der Waals surface area contributed by atoms with Crippen LogP contribution in [0, 0.1) is 11.3 Å². The monoisotopic (exact) mass is 349 g/mol. The van der Waals surface area contributed by atoms with Gasteiger partial charge in [-0.3, -0.25) is 0 Å². The third-order valence-corrected chi connectivity index (χ3v) is 6.06. The summed E-state index contributed by atoms with van der Waals surface area (Å²) < 4.78 is 1.22. The molecule has 2 aliphatic rings. The molecule has 1 nitrogen and oxygen atoms in total. The molecular formula is C19H28BrN. The first-order valence-corrected chi connectivity index (χ1v) is 9.27. The first kappa shape index (κ1) is 15.6. The Morgan fingerprint density at radius 2 is 1.76 bits per heavy atom. The van der Waals surface area contributed by atoms with Crippen LogP contribution in [0.1, 0.15) is 70.0 Å². The summed E-state index contributed by atoms with van der Waals surface area (Å²) >= 11 is 3.59. The molecule has 0 amide bonds. The molecule has 0 bridgehead atoms. The highest BCUT2D eigenvalue weighted by atomic mass is 79.9. The van der Waals surface area contributed by atoms with Gasteiger partial charge in [0.1, 0.15) is 0 Å². The Labute approximate surface area is 138 Å². The molecule has 2 heteroatoms. The smallest absolute Gasteiger partial charge is 0.0328 e. The molecule has 2 aliphatic carbocycles. The standard InChI is InChI=1S/C19H28BrN/c1-19(2,3)14-5-8-16(9-6-14)21-18-11-4-13-12-15(20)7-10-17(13)18/h7,10,12,14,16,18,21H,4-6,8-9,11H2,1-3H3. The Hall–Kier alpha value is -0.340. The molecule has 1 atom stereocenters. The molecule has 1 aromatic carbocycles. The Balaban J connectivity index is 1.58. The molecule has 1 saturated carbocycles. The zero-order chi connectivity index (χ0) is 15.0. The molecule has 116 valence electrons. The van der Waals surface area contributed by atoms with Crippen LogP contribution in [0.4, 0.5) is 0 Å². The van der Waals surface area contributed by atoms with Gasteiger partial charge in [-0.25, -0.2) is 0 Å². The van der Waals surface area contributed by atoms with E-state index in [4.69, 9.17) is 0 Å². The Kier molecular flexibility index (Phi) is 4.47. The van der Waals surface area contributed by atoms with Crippen molar-refractivity contribution in [1.29, 1.82) is 0 Å². The number of halogens is 1. The predicted molar refractivity (Wildman–Crippen MR) is 93.5 cm³/mol. The summed E-state index contributed by atoms with van der Waals surface area (Å²) in [5, 5.41) is 3.95. The van der Waals surface area contributed by atoms with Crippen molar-refractivity contribution >= 4 is 15.9 Å². The van der Waals surface area contributed by atoms with E-state index in [1.165, 1.54) is 54.1 Å². The van der Waals surface area contributed by atoms with Crippen LogP contribution in [0.15, 0.2) is 22.7 Å². The van der Waals surface area contributed by atoms with Gasteiger partial charge in [0, 0.05) is 16.6 Å². The second-order valence-electron chi connectivity index (χ2n) is 8.02. The molecule has 3 rings (SSSR count). The second kappa shape index (κ2) is 6.04. The summed E-state index contributed by atoms with van der Waals surface area (Å²) in [5.41, 5.74) is 3.55. The van der Waals surface area contributed by atoms with E-state index in [0.29, 0.717) is 11.5 Å². The number of benzene rings is 1. The number of fused-ring (bicyclic) bond motifs is 1. The van der Waals surface area contributed by atoms with Gasteiger partial charge in [0.15, 0.2) is 0 Å². The summed E-state index contributed by atoms with van der Waals surface area (Å²) in [4.78, 5) is 0. The zero-order valence-electron chi connectivity index (χ0n) is 13.6. The predicted octanol–water partition coefficient (Wildman–Crippen LogP) is 5.63. The average Bonchev–Trinajstić information content (AvgIpc) is 2.80. The van der Waals surface area contributed by atoms with Crippen LogP contribution >= 0.6 is 15.9 Å². The van der Waals surface area contributed by atoms with Gasteiger partial charge in [0.05, 0.1) is 0 Å². The maximum Gasteiger partial charge on any atom is 0.0328 e. The summed E-state index contributed by atoms with van der Waals surface area (Å²) in [6.45, 7) is 7.20. The molecular weight excluding hydrogens is 322 g/mol. The first-order valence-electron chi connectivity index (χ1n) is 8.48. The van der Waals surface area contributed by atoms with Gasteiger partial charge in [-0.1, -0.05) is 42.8 Å². The van der Waals surface area contributed by atoms with Crippen LogP contribution in [0.2, 0.25) is 0 Å². The van der Waals surface area contributed by atoms with E-state index >= 15 is 0 Å². The van der Waals surface area contributed by atoms with E-state index in [1.807, 2.05) is 0 Å². The molecule has 0 radical (unpaired) electrons. The van der Waals surface area contributed by atoms with Gasteiger partial charge < -0.3 is 5.32 Å². The fourth-order valence-corrected chi connectivity index (χ4v) is 4.58. The summed E-state index contributed by atoms with van der Waals surface area (Å²) in [5.74, 6) is 0.905. The molecule has 1 unspecified atom stereocenters. The Morgan fingerprint density at radius 1 is 1.05 bits per heavy atom. The number of hydrogen-bond donors (Lipinski definition) is 1. The zero-order valence-corrected chi connectivity index (χ0v) is 15.2. The minimum atomic E-state index is 0.483. The van der Waals surface area contributed by atoms with Crippen LogP contribution in [0.5, 0.6) is 0 Å². The highest BCUT2D eigenvalue weighted by molar-refractivity contribution is 9.10. The minimum Gasteiger partial charge on any atom is -0.307 e. The lowest BCUT2D eigenvalue weighted by Crippen LogP contribution is -2.37. The van der Waals surface area contributed by atoms with E-state index in [9.17, 15) is 0 Å². The maximum atomic E-state index is 3.95. The van der Waals surface area contributed by atoms with Crippen LogP contribution in [0.25, 0.3) is 0 Å². The number of aryl methyl sites for hydroxylation is 1. The number of nitrogens with one attached hydrogen (secondary N) is 1. The summed E-state index contributed by atoms with van der Waals surface area (Å²) in [7, 11) is 0. The van der Waals surface area contributed by atoms with Gasteiger partial charge in [-0.05, 0) is 73.1 Å². The molecule has 0 spiro atoms. The summed E-state index contributed by atoms with van der Waals surface area (Å²) in [6.07, 6.45) is 7.98.